The van der Waals surface area contributed by atoms with Gasteiger partial charge in [-0.25, -0.2) is 4.98 Å². The number of rotatable bonds is 6. The van der Waals surface area contributed by atoms with Crippen LogP contribution in [0.25, 0.3) is 0 Å². The van der Waals surface area contributed by atoms with Gasteiger partial charge < -0.3 is 15.0 Å². The van der Waals surface area contributed by atoms with Crippen LogP contribution in [0, 0.1) is 0 Å². The van der Waals surface area contributed by atoms with E-state index in [1.165, 1.54) is 5.56 Å². The van der Waals surface area contributed by atoms with E-state index in [4.69, 9.17) is 4.74 Å². The van der Waals surface area contributed by atoms with Crippen molar-refractivity contribution in [2.24, 2.45) is 0 Å². The maximum atomic E-state index is 5.66. The highest BCUT2D eigenvalue weighted by Crippen LogP contribution is 2.22. The van der Waals surface area contributed by atoms with Crippen LogP contribution in [-0.2, 0) is 0 Å². The first-order chi connectivity index (χ1) is 9.20. The van der Waals surface area contributed by atoms with E-state index in [2.05, 4.69) is 34.3 Å². The number of hydrogen-bond donors (Lipinski definition) is 2. The van der Waals surface area contributed by atoms with Crippen LogP contribution in [0.3, 0.4) is 0 Å². The molecule has 2 N–H and O–H groups in total. The Labute approximate surface area is 114 Å². The summed E-state index contributed by atoms with van der Waals surface area (Å²) in [5.41, 5.74) is 1.17. The van der Waals surface area contributed by atoms with Gasteiger partial charge in [0.1, 0.15) is 11.6 Å². The average molecular weight is 259 g/mol. The molecule has 19 heavy (non-hydrogen) atoms. The zero-order chi connectivity index (χ0) is 13.7. The van der Waals surface area contributed by atoms with Crippen molar-refractivity contribution in [3.05, 3.63) is 48.0 Å². The molecule has 1 heterocycles. The Kier molecular flexibility index (Phi) is 4.58. The van der Waals surface area contributed by atoms with Gasteiger partial charge in [-0.2, -0.15) is 0 Å². The summed E-state index contributed by atoms with van der Waals surface area (Å²) in [6.45, 7) is 7.03. The fraction of sp³-hybridized carbons (Fsp3) is 0.400. The molecule has 1 unspecified atom stereocenters. The number of H-pyrrole nitrogens is 1. The van der Waals surface area contributed by atoms with E-state index < -0.39 is 0 Å². The quantitative estimate of drug-likeness (QED) is 0.838. The van der Waals surface area contributed by atoms with Gasteiger partial charge >= 0.3 is 0 Å². The third-order valence-corrected chi connectivity index (χ3v) is 2.79. The Hall–Kier alpha value is -1.81. The molecule has 0 bridgehead atoms. The number of benzene rings is 1. The molecule has 4 nitrogen and oxygen atoms in total. The second-order valence-corrected chi connectivity index (χ2v) is 4.70. The van der Waals surface area contributed by atoms with E-state index in [0.29, 0.717) is 0 Å². The molecular weight excluding hydrogens is 238 g/mol. The van der Waals surface area contributed by atoms with Gasteiger partial charge in [0.05, 0.1) is 12.1 Å². The summed E-state index contributed by atoms with van der Waals surface area (Å²) in [7, 11) is 0. The first-order valence-electron chi connectivity index (χ1n) is 6.70. The van der Waals surface area contributed by atoms with E-state index in [0.717, 1.165) is 18.1 Å². The number of nitrogens with one attached hydrogen (secondary N) is 2. The molecule has 102 valence electrons. The van der Waals surface area contributed by atoms with Crippen LogP contribution in [0.5, 0.6) is 5.75 Å². The van der Waals surface area contributed by atoms with Gasteiger partial charge in [0.2, 0.25) is 0 Å². The number of hydrogen-bond acceptors (Lipinski definition) is 3. The second kappa shape index (κ2) is 6.38. The van der Waals surface area contributed by atoms with Crippen molar-refractivity contribution in [1.29, 1.82) is 0 Å². The highest BCUT2D eigenvalue weighted by molar-refractivity contribution is 5.32. The molecule has 1 atom stereocenters. The summed E-state index contributed by atoms with van der Waals surface area (Å²) in [6, 6.07) is 8.25. The van der Waals surface area contributed by atoms with E-state index >= 15 is 0 Å². The van der Waals surface area contributed by atoms with Gasteiger partial charge in [0, 0.05) is 12.4 Å². The molecule has 0 fully saturated rings. The van der Waals surface area contributed by atoms with Crippen molar-refractivity contribution in [2.45, 2.75) is 32.9 Å². The van der Waals surface area contributed by atoms with Crippen molar-refractivity contribution < 1.29 is 4.74 Å². The Bertz CT molecular complexity index is 477. The number of ether oxygens (including phenoxy) is 1. The van der Waals surface area contributed by atoms with Crippen LogP contribution in [0.2, 0.25) is 0 Å². The monoisotopic (exact) mass is 259 g/mol. The smallest absolute Gasteiger partial charge is 0.127 e. The largest absolute Gasteiger partial charge is 0.491 e. The molecule has 0 aliphatic heterocycles. The van der Waals surface area contributed by atoms with E-state index in [9.17, 15) is 0 Å². The maximum Gasteiger partial charge on any atom is 0.127 e. The molecule has 0 saturated carbocycles. The molecule has 0 spiro atoms. The van der Waals surface area contributed by atoms with Crippen LogP contribution >= 0.6 is 0 Å². The molecule has 2 aromatic rings. The Morgan fingerprint density at radius 2 is 2.00 bits per heavy atom. The second-order valence-electron chi connectivity index (χ2n) is 4.70. The van der Waals surface area contributed by atoms with Gasteiger partial charge in [-0.15, -0.1) is 0 Å². The molecule has 0 aliphatic carbocycles. The standard InChI is InChI=1S/C15H21N3O/c1-4-16-14(15-17-9-10-18-15)12-5-7-13(8-6-12)19-11(2)3/h5-11,14,16H,4H2,1-3H3,(H,17,18). The molecule has 0 saturated heterocycles. The number of nitrogens with zero attached hydrogens (tertiary/aromatic N) is 1. The fourth-order valence-electron chi connectivity index (χ4n) is 2.02. The van der Waals surface area contributed by atoms with Crippen LogP contribution in [-0.4, -0.2) is 22.6 Å². The zero-order valence-electron chi connectivity index (χ0n) is 11.7. The lowest BCUT2D eigenvalue weighted by atomic mass is 10.1. The molecule has 0 radical (unpaired) electrons. The SMILES string of the molecule is CCNC(c1ccc(OC(C)C)cc1)c1ncc[nH]1. The highest BCUT2D eigenvalue weighted by Gasteiger charge is 2.15. The highest BCUT2D eigenvalue weighted by atomic mass is 16.5. The summed E-state index contributed by atoms with van der Waals surface area (Å²) >= 11 is 0. The number of imidazole rings is 1. The molecule has 1 aromatic heterocycles. The zero-order valence-corrected chi connectivity index (χ0v) is 11.7. The maximum absolute atomic E-state index is 5.66. The normalized spacial score (nSPS) is 12.6. The topological polar surface area (TPSA) is 49.9 Å². The number of aromatic nitrogens is 2. The van der Waals surface area contributed by atoms with Crippen molar-refractivity contribution in [3.8, 4) is 5.75 Å². The third-order valence-electron chi connectivity index (χ3n) is 2.79. The lowest BCUT2D eigenvalue weighted by Gasteiger charge is -2.17. The molecular formula is C15H21N3O. The van der Waals surface area contributed by atoms with Crippen molar-refractivity contribution in [1.82, 2.24) is 15.3 Å². The van der Waals surface area contributed by atoms with E-state index in [-0.39, 0.29) is 12.1 Å². The Balaban J connectivity index is 2.18. The van der Waals surface area contributed by atoms with Crippen LogP contribution in [0.1, 0.15) is 38.2 Å². The minimum absolute atomic E-state index is 0.0908. The van der Waals surface area contributed by atoms with Crippen molar-refractivity contribution in [3.63, 3.8) is 0 Å². The predicted molar refractivity (Wildman–Crippen MR) is 76.3 cm³/mol. The predicted octanol–water partition coefficient (Wildman–Crippen LogP) is 2.90. The summed E-state index contributed by atoms with van der Waals surface area (Å²) in [6.07, 6.45) is 3.81. The lowest BCUT2D eigenvalue weighted by Crippen LogP contribution is -2.23. The molecule has 4 heteroatoms. The first kappa shape index (κ1) is 13.6. The summed E-state index contributed by atoms with van der Waals surface area (Å²) in [5.74, 6) is 1.83. The number of aromatic amines is 1. The van der Waals surface area contributed by atoms with E-state index in [1.54, 1.807) is 6.20 Å². The third kappa shape index (κ3) is 3.58. The van der Waals surface area contributed by atoms with Gasteiger partial charge in [-0.3, -0.25) is 0 Å². The van der Waals surface area contributed by atoms with Crippen LogP contribution in [0.4, 0.5) is 0 Å². The van der Waals surface area contributed by atoms with Crippen molar-refractivity contribution >= 4 is 0 Å². The minimum Gasteiger partial charge on any atom is -0.491 e. The summed E-state index contributed by atoms with van der Waals surface area (Å²) in [5, 5.41) is 3.43. The van der Waals surface area contributed by atoms with Gasteiger partial charge in [-0.05, 0) is 38.1 Å². The first-order valence-corrected chi connectivity index (χ1v) is 6.70. The van der Waals surface area contributed by atoms with Gasteiger partial charge in [-0.1, -0.05) is 19.1 Å². The van der Waals surface area contributed by atoms with E-state index in [1.807, 2.05) is 32.2 Å². The molecule has 0 amide bonds. The minimum atomic E-state index is 0.0908. The molecule has 1 aromatic carbocycles. The van der Waals surface area contributed by atoms with Crippen LogP contribution in [0.15, 0.2) is 36.7 Å². The van der Waals surface area contributed by atoms with Crippen molar-refractivity contribution in [2.75, 3.05) is 6.54 Å². The fourth-order valence-corrected chi connectivity index (χ4v) is 2.02. The van der Waals surface area contributed by atoms with Crippen LogP contribution < -0.4 is 10.1 Å². The Morgan fingerprint density at radius 3 is 2.53 bits per heavy atom. The lowest BCUT2D eigenvalue weighted by molar-refractivity contribution is 0.242. The van der Waals surface area contributed by atoms with Gasteiger partial charge in [0.25, 0.3) is 0 Å². The average Bonchev–Trinajstić information content (AvgIpc) is 2.90. The van der Waals surface area contributed by atoms with Gasteiger partial charge in [0.15, 0.2) is 0 Å². The molecule has 2 rings (SSSR count). The molecule has 0 aliphatic rings. The summed E-state index contributed by atoms with van der Waals surface area (Å²) < 4.78 is 5.66. The Morgan fingerprint density at radius 1 is 1.26 bits per heavy atom. The summed E-state index contributed by atoms with van der Waals surface area (Å²) in [4.78, 5) is 7.50.